The summed E-state index contributed by atoms with van der Waals surface area (Å²) in [5.74, 6) is 0.966. The second kappa shape index (κ2) is 5.79. The Hall–Kier alpha value is -1.97. The van der Waals surface area contributed by atoms with Crippen molar-refractivity contribution in [1.82, 2.24) is 20.2 Å². The van der Waals surface area contributed by atoms with Crippen LogP contribution in [0.5, 0.6) is 5.75 Å². The van der Waals surface area contributed by atoms with Crippen LogP contribution in [0.2, 0.25) is 18.1 Å². The van der Waals surface area contributed by atoms with Gasteiger partial charge in [-0.3, -0.25) is 0 Å². The fourth-order valence-corrected chi connectivity index (χ4v) is 3.46. The van der Waals surface area contributed by atoms with Crippen molar-refractivity contribution >= 4 is 14.0 Å². The minimum atomic E-state index is -2.04. The van der Waals surface area contributed by atoms with Crippen LogP contribution in [-0.4, -0.2) is 46.8 Å². The van der Waals surface area contributed by atoms with Gasteiger partial charge in [-0.15, -0.1) is 5.10 Å². The van der Waals surface area contributed by atoms with Gasteiger partial charge in [0.15, 0.2) is 8.32 Å². The lowest BCUT2D eigenvalue weighted by Crippen LogP contribution is -2.51. The first kappa shape index (κ1) is 17.8. The number of hydrogen-bond donors (Lipinski definition) is 2. The monoisotopic (exact) mass is 363 g/mol. The molecule has 0 saturated carbocycles. The van der Waals surface area contributed by atoms with E-state index < -0.39 is 13.9 Å². The van der Waals surface area contributed by atoms with Crippen LogP contribution in [0.25, 0.3) is 5.69 Å². The molecule has 1 aliphatic rings. The number of nitrogens with zero attached hydrogens (tertiary/aromatic N) is 4. The first-order chi connectivity index (χ1) is 11.6. The van der Waals surface area contributed by atoms with E-state index in [1.165, 1.54) is 0 Å². The number of tetrazole rings is 1. The Bertz CT molecular complexity index is 786. The molecule has 1 aromatic heterocycles. The molecule has 2 aromatic rings. The average molecular weight is 363 g/mol. The first-order valence-corrected chi connectivity index (χ1v) is 11.1. The van der Waals surface area contributed by atoms with Gasteiger partial charge in [-0.05, 0) is 46.8 Å². The van der Waals surface area contributed by atoms with E-state index in [1.807, 2.05) is 0 Å². The van der Waals surface area contributed by atoms with Crippen molar-refractivity contribution in [3.05, 3.63) is 24.0 Å². The van der Waals surface area contributed by atoms with Crippen molar-refractivity contribution in [2.45, 2.75) is 44.5 Å². The van der Waals surface area contributed by atoms with Crippen molar-refractivity contribution in [2.75, 3.05) is 18.9 Å². The number of hydrogen-bond acceptors (Lipinski definition) is 7. The number of rotatable bonds is 4. The second-order valence-electron chi connectivity index (χ2n) is 7.94. The molecule has 3 N–H and O–H groups in total. The van der Waals surface area contributed by atoms with Crippen molar-refractivity contribution in [3.63, 3.8) is 0 Å². The van der Waals surface area contributed by atoms with E-state index in [9.17, 15) is 5.11 Å². The molecule has 25 heavy (non-hydrogen) atoms. The van der Waals surface area contributed by atoms with Gasteiger partial charge < -0.3 is 20.0 Å². The SMILES string of the molecule is CC(C)(C)[Si](C)(C)OCC1(CO)Oc2ccc(N)cc2-n2nnnc21. The maximum atomic E-state index is 10.2. The lowest BCUT2D eigenvalue weighted by molar-refractivity contribution is -0.0478. The third-order valence-corrected chi connectivity index (χ3v) is 9.60. The molecule has 0 spiro atoms. The molecule has 0 amide bonds. The van der Waals surface area contributed by atoms with Crippen LogP contribution >= 0.6 is 0 Å². The topological polar surface area (TPSA) is 108 Å². The third kappa shape index (κ3) is 2.92. The minimum absolute atomic E-state index is 0.0383. The highest BCUT2D eigenvalue weighted by Gasteiger charge is 2.47. The van der Waals surface area contributed by atoms with E-state index >= 15 is 0 Å². The number of benzene rings is 1. The van der Waals surface area contributed by atoms with Crippen molar-refractivity contribution in [3.8, 4) is 11.4 Å². The maximum Gasteiger partial charge on any atom is 0.214 e. The molecule has 136 valence electrons. The summed E-state index contributed by atoms with van der Waals surface area (Å²) in [5, 5.41) is 22.1. The van der Waals surface area contributed by atoms with Gasteiger partial charge in [-0.25, -0.2) is 0 Å². The Kier molecular flexibility index (Phi) is 4.13. The number of anilines is 1. The zero-order valence-electron chi connectivity index (χ0n) is 15.3. The molecule has 1 unspecified atom stereocenters. The Balaban J connectivity index is 1.99. The first-order valence-electron chi connectivity index (χ1n) is 8.22. The van der Waals surface area contributed by atoms with Gasteiger partial charge in [0.1, 0.15) is 11.4 Å². The largest absolute Gasteiger partial charge is 0.472 e. The van der Waals surface area contributed by atoms with Crippen LogP contribution < -0.4 is 10.5 Å². The second-order valence-corrected chi connectivity index (χ2v) is 12.8. The van der Waals surface area contributed by atoms with Crippen LogP contribution in [0.1, 0.15) is 26.6 Å². The molecular formula is C16H25N5O3Si. The van der Waals surface area contributed by atoms with E-state index in [-0.39, 0.29) is 18.3 Å². The molecule has 1 atom stereocenters. The minimum Gasteiger partial charge on any atom is -0.472 e. The highest BCUT2D eigenvalue weighted by atomic mass is 28.4. The van der Waals surface area contributed by atoms with E-state index in [2.05, 4.69) is 49.4 Å². The van der Waals surface area contributed by atoms with Crippen molar-refractivity contribution in [2.24, 2.45) is 0 Å². The average Bonchev–Trinajstić information content (AvgIpc) is 3.02. The van der Waals surface area contributed by atoms with E-state index in [0.717, 1.165) is 0 Å². The summed E-state index contributed by atoms with van der Waals surface area (Å²) >= 11 is 0. The van der Waals surface area contributed by atoms with Crippen LogP contribution in [0, 0.1) is 0 Å². The van der Waals surface area contributed by atoms with Crippen molar-refractivity contribution < 1.29 is 14.3 Å². The Morgan fingerprint density at radius 2 is 2.08 bits per heavy atom. The van der Waals surface area contributed by atoms with Gasteiger partial charge in [0.2, 0.25) is 11.4 Å². The molecule has 0 bridgehead atoms. The summed E-state index contributed by atoms with van der Waals surface area (Å²) in [6.07, 6.45) is 0. The highest BCUT2D eigenvalue weighted by molar-refractivity contribution is 6.74. The van der Waals surface area contributed by atoms with Crippen molar-refractivity contribution in [1.29, 1.82) is 0 Å². The van der Waals surface area contributed by atoms with Gasteiger partial charge in [0.05, 0.1) is 13.2 Å². The highest BCUT2D eigenvalue weighted by Crippen LogP contribution is 2.41. The van der Waals surface area contributed by atoms with Crippen LogP contribution in [0.15, 0.2) is 18.2 Å². The number of nitrogens with two attached hydrogens (primary N) is 1. The lowest BCUT2D eigenvalue weighted by Gasteiger charge is -2.41. The molecule has 0 saturated heterocycles. The Morgan fingerprint density at radius 3 is 2.72 bits per heavy atom. The molecule has 3 rings (SSSR count). The molecule has 1 aromatic carbocycles. The van der Waals surface area contributed by atoms with Crippen LogP contribution in [-0.2, 0) is 10.0 Å². The molecule has 2 heterocycles. The number of nitrogen functional groups attached to an aromatic ring is 1. The van der Waals surface area contributed by atoms with Gasteiger partial charge in [0.25, 0.3) is 0 Å². The fourth-order valence-electron chi connectivity index (χ4n) is 2.43. The van der Waals surface area contributed by atoms with E-state index in [0.29, 0.717) is 22.9 Å². The summed E-state index contributed by atoms with van der Waals surface area (Å²) < 4.78 is 14.0. The van der Waals surface area contributed by atoms with Gasteiger partial charge in [-0.1, -0.05) is 20.8 Å². The summed E-state index contributed by atoms with van der Waals surface area (Å²) in [4.78, 5) is 0. The number of fused-ring (bicyclic) bond motifs is 3. The zero-order valence-corrected chi connectivity index (χ0v) is 16.3. The van der Waals surface area contributed by atoms with Crippen LogP contribution in [0.3, 0.4) is 0 Å². The smallest absolute Gasteiger partial charge is 0.214 e. The molecule has 0 fully saturated rings. The normalized spacial score (nSPS) is 19.9. The predicted molar refractivity (Wildman–Crippen MR) is 96.1 cm³/mol. The lowest BCUT2D eigenvalue weighted by atomic mass is 10.0. The Labute approximate surface area is 148 Å². The molecule has 8 nitrogen and oxygen atoms in total. The fraction of sp³-hybridized carbons (Fsp3) is 0.562. The number of aliphatic hydroxyl groups is 1. The van der Waals surface area contributed by atoms with E-state index in [1.54, 1.807) is 22.9 Å². The summed E-state index contributed by atoms with van der Waals surface area (Å²) in [6, 6.07) is 5.24. The molecule has 0 radical (unpaired) electrons. The quantitative estimate of drug-likeness (QED) is 0.630. The maximum absolute atomic E-state index is 10.2. The van der Waals surface area contributed by atoms with Gasteiger partial charge in [-0.2, -0.15) is 4.68 Å². The molecule has 0 aliphatic carbocycles. The molecule has 1 aliphatic heterocycles. The summed E-state index contributed by atoms with van der Waals surface area (Å²) in [5.41, 5.74) is 5.95. The summed E-state index contributed by atoms with van der Waals surface area (Å²) in [7, 11) is -2.04. The zero-order chi connectivity index (χ0) is 18.5. The van der Waals surface area contributed by atoms with Gasteiger partial charge >= 0.3 is 0 Å². The van der Waals surface area contributed by atoms with Crippen LogP contribution in [0.4, 0.5) is 5.69 Å². The number of aliphatic hydroxyl groups excluding tert-OH is 1. The predicted octanol–water partition coefficient (Wildman–Crippen LogP) is 1.85. The standard InChI is InChI=1S/C16H25N5O3Si/c1-15(2,3)25(4,5)23-10-16(9-22)14-18-19-20-21(14)12-8-11(17)6-7-13(12)24-16/h6-8,22H,9-10,17H2,1-5H3. The molecular weight excluding hydrogens is 338 g/mol. The van der Waals surface area contributed by atoms with Gasteiger partial charge in [0, 0.05) is 5.69 Å². The number of ether oxygens (including phenoxy) is 1. The third-order valence-electron chi connectivity index (χ3n) is 5.12. The Morgan fingerprint density at radius 1 is 1.36 bits per heavy atom. The van der Waals surface area contributed by atoms with E-state index in [4.69, 9.17) is 14.9 Å². The molecule has 9 heteroatoms. The number of aromatic nitrogens is 4. The summed E-state index contributed by atoms with van der Waals surface area (Å²) in [6.45, 7) is 10.7.